The SMILES string of the molecule is Cc1cc(Nc2ccc(NC(=O)C3CCCO3)nn2)ccc1Br. The van der Waals surface area contributed by atoms with Gasteiger partial charge in [0.15, 0.2) is 11.6 Å². The molecule has 3 rings (SSSR count). The van der Waals surface area contributed by atoms with Crippen molar-refractivity contribution in [3.05, 3.63) is 40.4 Å². The number of nitrogens with zero attached hydrogens (tertiary/aromatic N) is 2. The summed E-state index contributed by atoms with van der Waals surface area (Å²) in [6.07, 6.45) is 1.29. The van der Waals surface area contributed by atoms with Crippen molar-refractivity contribution in [3.63, 3.8) is 0 Å². The van der Waals surface area contributed by atoms with Crippen LogP contribution in [-0.4, -0.2) is 28.8 Å². The monoisotopic (exact) mass is 376 g/mol. The zero-order valence-corrected chi connectivity index (χ0v) is 14.3. The van der Waals surface area contributed by atoms with Crippen molar-refractivity contribution in [3.8, 4) is 0 Å². The van der Waals surface area contributed by atoms with E-state index in [1.54, 1.807) is 12.1 Å². The number of carbonyl (C=O) groups excluding carboxylic acids is 1. The number of benzene rings is 1. The summed E-state index contributed by atoms with van der Waals surface area (Å²) in [4.78, 5) is 11.9. The molecular formula is C16H17BrN4O2. The maximum absolute atomic E-state index is 11.9. The molecule has 0 bridgehead atoms. The molecular weight excluding hydrogens is 360 g/mol. The van der Waals surface area contributed by atoms with Crippen LogP contribution in [0.3, 0.4) is 0 Å². The second kappa shape index (κ2) is 7.06. The summed E-state index contributed by atoms with van der Waals surface area (Å²) in [7, 11) is 0. The van der Waals surface area contributed by atoms with Crippen LogP contribution in [0.25, 0.3) is 0 Å². The summed E-state index contributed by atoms with van der Waals surface area (Å²) >= 11 is 3.47. The lowest BCUT2D eigenvalue weighted by molar-refractivity contribution is -0.124. The third-order valence-corrected chi connectivity index (χ3v) is 4.46. The van der Waals surface area contributed by atoms with Gasteiger partial charge in [0.2, 0.25) is 0 Å². The molecule has 23 heavy (non-hydrogen) atoms. The van der Waals surface area contributed by atoms with Gasteiger partial charge in [0.25, 0.3) is 5.91 Å². The predicted octanol–water partition coefficient (Wildman–Crippen LogP) is 3.41. The van der Waals surface area contributed by atoms with E-state index in [9.17, 15) is 4.79 Å². The minimum atomic E-state index is -0.375. The third-order valence-electron chi connectivity index (χ3n) is 3.57. The van der Waals surface area contributed by atoms with Crippen LogP contribution in [0.5, 0.6) is 0 Å². The first kappa shape index (κ1) is 15.9. The number of amides is 1. The standard InChI is InChI=1S/C16H17BrN4O2/c1-10-9-11(4-5-12(10)17)18-14-6-7-15(21-20-14)19-16(22)13-3-2-8-23-13/h4-7,9,13H,2-3,8H2,1H3,(H,18,20)(H,19,21,22). The number of nitrogens with one attached hydrogen (secondary N) is 2. The van der Waals surface area contributed by atoms with Crippen LogP contribution in [-0.2, 0) is 9.53 Å². The van der Waals surface area contributed by atoms with Crippen molar-refractivity contribution in [2.45, 2.75) is 25.9 Å². The molecule has 1 aromatic heterocycles. The molecule has 0 spiro atoms. The van der Waals surface area contributed by atoms with Gasteiger partial charge in [-0.2, -0.15) is 0 Å². The second-order valence-electron chi connectivity index (χ2n) is 5.38. The first-order valence-corrected chi connectivity index (χ1v) is 8.20. The summed E-state index contributed by atoms with van der Waals surface area (Å²) in [5.74, 6) is 0.867. The van der Waals surface area contributed by atoms with E-state index in [0.29, 0.717) is 18.2 Å². The van der Waals surface area contributed by atoms with E-state index < -0.39 is 0 Å². The van der Waals surface area contributed by atoms with E-state index in [1.165, 1.54) is 0 Å². The van der Waals surface area contributed by atoms with Crippen LogP contribution in [0.15, 0.2) is 34.8 Å². The van der Waals surface area contributed by atoms with E-state index >= 15 is 0 Å². The molecule has 2 heterocycles. The fourth-order valence-electron chi connectivity index (χ4n) is 2.33. The summed E-state index contributed by atoms with van der Waals surface area (Å²) in [6, 6.07) is 9.43. The maximum Gasteiger partial charge on any atom is 0.254 e. The lowest BCUT2D eigenvalue weighted by atomic mass is 10.2. The Hall–Kier alpha value is -1.99. The van der Waals surface area contributed by atoms with Crippen molar-refractivity contribution in [2.75, 3.05) is 17.2 Å². The molecule has 2 N–H and O–H groups in total. The molecule has 6 nitrogen and oxygen atoms in total. The average Bonchev–Trinajstić information content (AvgIpc) is 3.07. The van der Waals surface area contributed by atoms with Gasteiger partial charge in [-0.3, -0.25) is 4.79 Å². The highest BCUT2D eigenvalue weighted by Gasteiger charge is 2.23. The molecule has 1 aliphatic heterocycles. The third kappa shape index (κ3) is 4.05. The van der Waals surface area contributed by atoms with Gasteiger partial charge in [0.1, 0.15) is 6.10 Å². The van der Waals surface area contributed by atoms with E-state index in [1.807, 2.05) is 25.1 Å². The number of anilines is 3. The predicted molar refractivity (Wildman–Crippen MR) is 91.8 cm³/mol. The number of aromatic nitrogens is 2. The summed E-state index contributed by atoms with van der Waals surface area (Å²) in [5.41, 5.74) is 2.06. The Kier molecular flexibility index (Phi) is 4.88. The smallest absolute Gasteiger partial charge is 0.254 e. The number of halogens is 1. The zero-order valence-electron chi connectivity index (χ0n) is 12.7. The van der Waals surface area contributed by atoms with Gasteiger partial charge in [-0.25, -0.2) is 0 Å². The molecule has 1 aliphatic rings. The highest BCUT2D eigenvalue weighted by molar-refractivity contribution is 9.10. The molecule has 1 amide bonds. The van der Waals surface area contributed by atoms with Crippen molar-refractivity contribution in [2.24, 2.45) is 0 Å². The number of carbonyl (C=O) groups is 1. The molecule has 1 atom stereocenters. The van der Waals surface area contributed by atoms with Gasteiger partial charge in [0.05, 0.1) is 0 Å². The molecule has 0 radical (unpaired) electrons. The number of hydrogen-bond acceptors (Lipinski definition) is 5. The summed E-state index contributed by atoms with van der Waals surface area (Å²) in [6.45, 7) is 2.66. The zero-order chi connectivity index (χ0) is 16.2. The fourth-order valence-corrected chi connectivity index (χ4v) is 2.57. The highest BCUT2D eigenvalue weighted by Crippen LogP contribution is 2.22. The summed E-state index contributed by atoms with van der Waals surface area (Å²) < 4.78 is 6.39. The van der Waals surface area contributed by atoms with Crippen molar-refractivity contribution in [1.82, 2.24) is 10.2 Å². The minimum absolute atomic E-state index is 0.166. The number of aryl methyl sites for hydroxylation is 1. The average molecular weight is 377 g/mol. The molecule has 120 valence electrons. The summed E-state index contributed by atoms with van der Waals surface area (Å²) in [5, 5.41) is 14.0. The van der Waals surface area contributed by atoms with E-state index in [-0.39, 0.29) is 12.0 Å². The highest BCUT2D eigenvalue weighted by atomic mass is 79.9. The molecule has 1 unspecified atom stereocenters. The number of ether oxygens (including phenoxy) is 1. The second-order valence-corrected chi connectivity index (χ2v) is 6.24. The first-order valence-electron chi connectivity index (χ1n) is 7.41. The van der Waals surface area contributed by atoms with E-state index in [2.05, 4.69) is 36.8 Å². The van der Waals surface area contributed by atoms with Gasteiger partial charge in [-0.1, -0.05) is 15.9 Å². The quantitative estimate of drug-likeness (QED) is 0.854. The Labute approximate surface area is 142 Å². The fraction of sp³-hybridized carbons (Fsp3) is 0.312. The van der Waals surface area contributed by atoms with Crippen LogP contribution in [0.1, 0.15) is 18.4 Å². The van der Waals surface area contributed by atoms with Gasteiger partial charge < -0.3 is 15.4 Å². The Bertz CT molecular complexity index is 700. The molecule has 0 saturated carbocycles. The van der Waals surface area contributed by atoms with Gasteiger partial charge in [0, 0.05) is 16.8 Å². The lowest BCUT2D eigenvalue weighted by Crippen LogP contribution is -2.27. The molecule has 1 aromatic carbocycles. The Morgan fingerprint density at radius 2 is 2.04 bits per heavy atom. The maximum atomic E-state index is 11.9. The Morgan fingerprint density at radius 3 is 2.70 bits per heavy atom. The van der Waals surface area contributed by atoms with Gasteiger partial charge in [-0.15, -0.1) is 10.2 Å². The molecule has 1 fully saturated rings. The molecule has 1 saturated heterocycles. The number of hydrogen-bond donors (Lipinski definition) is 2. The first-order chi connectivity index (χ1) is 11.1. The van der Waals surface area contributed by atoms with Gasteiger partial charge >= 0.3 is 0 Å². The van der Waals surface area contributed by atoms with Crippen LogP contribution in [0, 0.1) is 6.92 Å². The van der Waals surface area contributed by atoms with Crippen LogP contribution in [0.4, 0.5) is 17.3 Å². The lowest BCUT2D eigenvalue weighted by Gasteiger charge is -2.10. The van der Waals surface area contributed by atoms with Crippen molar-refractivity contribution in [1.29, 1.82) is 0 Å². The Balaban J connectivity index is 1.62. The molecule has 7 heteroatoms. The minimum Gasteiger partial charge on any atom is -0.368 e. The van der Waals surface area contributed by atoms with E-state index in [4.69, 9.17) is 4.74 Å². The molecule has 2 aromatic rings. The van der Waals surface area contributed by atoms with Crippen molar-refractivity contribution >= 4 is 39.2 Å². The van der Waals surface area contributed by atoms with Crippen LogP contribution in [0.2, 0.25) is 0 Å². The van der Waals surface area contributed by atoms with Crippen LogP contribution < -0.4 is 10.6 Å². The molecule has 0 aliphatic carbocycles. The Morgan fingerprint density at radius 1 is 1.26 bits per heavy atom. The van der Waals surface area contributed by atoms with Crippen molar-refractivity contribution < 1.29 is 9.53 Å². The number of rotatable bonds is 4. The normalized spacial score (nSPS) is 17.0. The van der Waals surface area contributed by atoms with Crippen LogP contribution >= 0.6 is 15.9 Å². The largest absolute Gasteiger partial charge is 0.368 e. The topological polar surface area (TPSA) is 76.1 Å². The van der Waals surface area contributed by atoms with E-state index in [0.717, 1.165) is 28.6 Å². The van der Waals surface area contributed by atoms with Gasteiger partial charge in [-0.05, 0) is 55.7 Å².